The molecule has 1 aliphatic carbocycles. The number of ether oxygens (including phenoxy) is 1. The fourth-order valence-corrected chi connectivity index (χ4v) is 4.49. The lowest BCUT2D eigenvalue weighted by Crippen LogP contribution is -2.42. The van der Waals surface area contributed by atoms with E-state index < -0.39 is 35.9 Å². The number of hydrogen-bond donors (Lipinski definition) is 3. The van der Waals surface area contributed by atoms with Crippen LogP contribution < -0.4 is 10.1 Å². The monoisotopic (exact) mass is 499 g/mol. The molecule has 2 aliphatic rings. The van der Waals surface area contributed by atoms with Crippen molar-refractivity contribution in [1.82, 2.24) is 25.2 Å². The van der Waals surface area contributed by atoms with Crippen LogP contribution in [-0.2, 0) is 4.79 Å². The highest BCUT2D eigenvalue weighted by Gasteiger charge is 2.38. The van der Waals surface area contributed by atoms with Crippen molar-refractivity contribution < 1.29 is 28.2 Å². The number of halogens is 2. The Morgan fingerprint density at radius 1 is 1.31 bits per heavy atom. The first-order valence-corrected chi connectivity index (χ1v) is 11.9. The molecule has 11 heteroatoms. The molecule has 2 fully saturated rings. The van der Waals surface area contributed by atoms with E-state index >= 15 is 0 Å². The number of aromatic nitrogens is 3. The van der Waals surface area contributed by atoms with E-state index in [9.17, 15) is 23.5 Å². The molecule has 3 N–H and O–H groups in total. The molecule has 0 spiro atoms. The molecule has 1 saturated heterocycles. The molecule has 0 bridgehead atoms. The average Bonchev–Trinajstić information content (AvgIpc) is 3.51. The normalized spacial score (nSPS) is 20.5. The summed E-state index contributed by atoms with van der Waals surface area (Å²) in [5, 5.41) is 12.2. The van der Waals surface area contributed by atoms with Gasteiger partial charge in [-0.2, -0.15) is 0 Å². The SMILES string of the molecule is Cc1[nH]c2c(-c3cc(F)ccc3OCC3CC3)ncnc2c1C(=O)N[C@@H]1CN(C(=O)[C@H](C)O)C[C@@H]1F. The minimum absolute atomic E-state index is 0.0523. The summed E-state index contributed by atoms with van der Waals surface area (Å²) < 4.78 is 34.8. The summed E-state index contributed by atoms with van der Waals surface area (Å²) in [6.07, 6.45) is 0.764. The smallest absolute Gasteiger partial charge is 0.255 e. The number of H-pyrrole nitrogens is 1. The molecule has 1 aromatic carbocycles. The number of benzene rings is 1. The second-order valence-corrected chi connectivity index (χ2v) is 9.48. The molecular weight excluding hydrogens is 472 g/mol. The van der Waals surface area contributed by atoms with Gasteiger partial charge in [0.2, 0.25) is 0 Å². The zero-order chi connectivity index (χ0) is 25.6. The Morgan fingerprint density at radius 3 is 2.81 bits per heavy atom. The van der Waals surface area contributed by atoms with E-state index in [1.54, 1.807) is 13.0 Å². The number of aromatic amines is 1. The third-order valence-corrected chi connectivity index (χ3v) is 6.60. The summed E-state index contributed by atoms with van der Waals surface area (Å²) in [6.45, 7) is 3.27. The van der Waals surface area contributed by atoms with Crippen LogP contribution in [0.4, 0.5) is 8.78 Å². The molecule has 1 aliphatic heterocycles. The predicted octanol–water partition coefficient (Wildman–Crippen LogP) is 2.52. The van der Waals surface area contributed by atoms with Gasteiger partial charge in [0.1, 0.15) is 41.4 Å². The van der Waals surface area contributed by atoms with Crippen LogP contribution in [0.2, 0.25) is 0 Å². The second-order valence-electron chi connectivity index (χ2n) is 9.48. The van der Waals surface area contributed by atoms with Crippen molar-refractivity contribution in [1.29, 1.82) is 0 Å². The number of hydrogen-bond acceptors (Lipinski definition) is 6. The third-order valence-electron chi connectivity index (χ3n) is 6.60. The van der Waals surface area contributed by atoms with Crippen LogP contribution in [0, 0.1) is 18.7 Å². The molecular formula is C25H27F2N5O4. The number of nitrogens with zero attached hydrogens (tertiary/aromatic N) is 3. The lowest BCUT2D eigenvalue weighted by atomic mass is 10.1. The summed E-state index contributed by atoms with van der Waals surface area (Å²) in [5.74, 6) is -0.631. The fraction of sp³-hybridized carbons (Fsp3) is 0.440. The standard InChI is InChI=1S/C25H27F2N5O4/c1-12-20(24(34)31-18-9-32(8-17(18)27)25(35)13(2)33)22-23(30-12)21(28-11-29-22)16-7-15(26)5-6-19(16)36-10-14-3-4-14/h5-7,11,13-14,17-18,30,33H,3-4,8-10H2,1-2H3,(H,31,34)/t13-,17-,18+/m0/s1. The van der Waals surface area contributed by atoms with E-state index in [1.807, 2.05) is 0 Å². The second kappa shape index (κ2) is 9.45. The van der Waals surface area contributed by atoms with Crippen molar-refractivity contribution in [2.75, 3.05) is 19.7 Å². The Morgan fingerprint density at radius 2 is 2.08 bits per heavy atom. The Kier molecular flexibility index (Phi) is 6.33. The summed E-state index contributed by atoms with van der Waals surface area (Å²) in [7, 11) is 0. The van der Waals surface area contributed by atoms with Crippen LogP contribution in [0.15, 0.2) is 24.5 Å². The summed E-state index contributed by atoms with van der Waals surface area (Å²) in [4.78, 5) is 38.2. The molecule has 36 heavy (non-hydrogen) atoms. The number of alkyl halides is 1. The Balaban J connectivity index is 1.44. The summed E-state index contributed by atoms with van der Waals surface area (Å²) in [5.41, 5.74) is 2.23. The van der Waals surface area contributed by atoms with Gasteiger partial charge in [0.15, 0.2) is 0 Å². The van der Waals surface area contributed by atoms with Crippen LogP contribution in [-0.4, -0.2) is 74.8 Å². The maximum atomic E-state index is 14.6. The highest BCUT2D eigenvalue weighted by atomic mass is 19.1. The maximum absolute atomic E-state index is 14.6. The minimum atomic E-state index is -1.48. The molecule has 2 amide bonds. The first-order chi connectivity index (χ1) is 17.2. The topological polar surface area (TPSA) is 120 Å². The summed E-state index contributed by atoms with van der Waals surface area (Å²) >= 11 is 0. The largest absolute Gasteiger partial charge is 0.493 e. The van der Waals surface area contributed by atoms with Crippen LogP contribution in [0.25, 0.3) is 22.3 Å². The average molecular weight is 500 g/mol. The van der Waals surface area contributed by atoms with Crippen LogP contribution in [0.1, 0.15) is 35.8 Å². The van der Waals surface area contributed by atoms with Gasteiger partial charge in [0.05, 0.1) is 30.3 Å². The van der Waals surface area contributed by atoms with Crippen LogP contribution >= 0.6 is 0 Å². The highest BCUT2D eigenvalue weighted by Crippen LogP contribution is 2.36. The zero-order valence-corrected chi connectivity index (χ0v) is 19.9. The van der Waals surface area contributed by atoms with Crippen molar-refractivity contribution in [3.63, 3.8) is 0 Å². The number of carbonyl (C=O) groups is 2. The quantitative estimate of drug-likeness (QED) is 0.460. The maximum Gasteiger partial charge on any atom is 0.255 e. The number of aliphatic hydroxyl groups is 1. The molecule has 2 aromatic heterocycles. The Hall–Kier alpha value is -3.60. The van der Waals surface area contributed by atoms with Crippen molar-refractivity contribution in [2.24, 2.45) is 5.92 Å². The molecule has 9 nitrogen and oxygen atoms in total. The van der Waals surface area contributed by atoms with Crippen molar-refractivity contribution in [3.8, 4) is 17.0 Å². The Bertz CT molecular complexity index is 1320. The lowest BCUT2D eigenvalue weighted by Gasteiger charge is -2.18. The number of aliphatic hydroxyl groups excluding tert-OH is 1. The van der Waals surface area contributed by atoms with Gasteiger partial charge in [0, 0.05) is 17.8 Å². The van der Waals surface area contributed by atoms with Crippen molar-refractivity contribution in [2.45, 2.75) is 45.0 Å². The molecule has 3 aromatic rings. The van der Waals surface area contributed by atoms with Gasteiger partial charge in [-0.15, -0.1) is 0 Å². The number of aryl methyl sites for hydroxylation is 1. The van der Waals surface area contributed by atoms with Crippen molar-refractivity contribution >= 4 is 22.8 Å². The van der Waals surface area contributed by atoms with Crippen LogP contribution in [0.3, 0.4) is 0 Å². The van der Waals surface area contributed by atoms with Gasteiger partial charge >= 0.3 is 0 Å². The van der Waals surface area contributed by atoms with E-state index in [2.05, 4.69) is 20.3 Å². The first kappa shape index (κ1) is 24.1. The van der Waals surface area contributed by atoms with E-state index in [-0.39, 0.29) is 18.7 Å². The number of likely N-dealkylation sites (tertiary alicyclic amines) is 1. The van der Waals surface area contributed by atoms with Gasteiger partial charge in [-0.25, -0.2) is 18.7 Å². The van der Waals surface area contributed by atoms with E-state index in [0.717, 1.165) is 12.8 Å². The number of fused-ring (bicyclic) bond motifs is 1. The van der Waals surface area contributed by atoms with Gasteiger partial charge in [0.25, 0.3) is 11.8 Å². The molecule has 190 valence electrons. The number of rotatable bonds is 7. The van der Waals surface area contributed by atoms with E-state index in [4.69, 9.17) is 4.74 Å². The number of amides is 2. The zero-order valence-electron chi connectivity index (χ0n) is 19.9. The number of nitrogens with one attached hydrogen (secondary N) is 2. The predicted molar refractivity (Wildman–Crippen MR) is 127 cm³/mol. The minimum Gasteiger partial charge on any atom is -0.493 e. The van der Waals surface area contributed by atoms with Crippen molar-refractivity contribution in [3.05, 3.63) is 41.6 Å². The first-order valence-electron chi connectivity index (χ1n) is 11.9. The molecule has 1 saturated carbocycles. The lowest BCUT2D eigenvalue weighted by molar-refractivity contribution is -0.138. The van der Waals surface area contributed by atoms with Gasteiger partial charge in [-0.1, -0.05) is 0 Å². The third kappa shape index (κ3) is 4.62. The van der Waals surface area contributed by atoms with Gasteiger partial charge in [-0.05, 0) is 50.8 Å². The van der Waals surface area contributed by atoms with Crippen LogP contribution in [0.5, 0.6) is 5.75 Å². The molecule has 5 rings (SSSR count). The molecule has 0 unspecified atom stereocenters. The van der Waals surface area contributed by atoms with E-state index in [1.165, 1.54) is 30.3 Å². The van der Waals surface area contributed by atoms with Gasteiger partial charge in [-0.3, -0.25) is 9.59 Å². The fourth-order valence-electron chi connectivity index (χ4n) is 4.49. The highest BCUT2D eigenvalue weighted by molar-refractivity contribution is 6.09. The Labute approximate surface area is 205 Å². The molecule has 0 radical (unpaired) electrons. The molecule has 3 heterocycles. The number of carbonyl (C=O) groups excluding carboxylic acids is 2. The molecule has 3 atom stereocenters. The van der Waals surface area contributed by atoms with E-state index in [0.29, 0.717) is 46.3 Å². The van der Waals surface area contributed by atoms with Gasteiger partial charge < -0.3 is 25.0 Å². The summed E-state index contributed by atoms with van der Waals surface area (Å²) in [6, 6.07) is 3.28.